The van der Waals surface area contributed by atoms with Crippen molar-refractivity contribution in [1.29, 1.82) is 0 Å². The zero-order valence-corrected chi connectivity index (χ0v) is 9.34. The minimum Gasteiger partial charge on any atom is -0.326 e. The predicted molar refractivity (Wildman–Crippen MR) is 63.5 cm³/mol. The molecule has 0 aliphatic rings. The molecule has 0 saturated heterocycles. The van der Waals surface area contributed by atoms with E-state index < -0.39 is 0 Å². The number of anilines is 1. The van der Waals surface area contributed by atoms with E-state index in [1.807, 2.05) is 6.26 Å². The molecule has 0 aliphatic heterocycles. The number of hydrogen-bond acceptors (Lipinski definition) is 3. The minimum atomic E-state index is 0.00297. The smallest absolute Gasteiger partial charge is 0.225 e. The number of rotatable bonds is 5. The van der Waals surface area contributed by atoms with Crippen molar-refractivity contribution in [3.8, 4) is 0 Å². The van der Waals surface area contributed by atoms with E-state index in [4.69, 9.17) is 0 Å². The van der Waals surface area contributed by atoms with Crippen LogP contribution in [0.5, 0.6) is 0 Å². The van der Waals surface area contributed by atoms with Gasteiger partial charge in [-0.1, -0.05) is 0 Å². The highest BCUT2D eigenvalue weighted by molar-refractivity contribution is 7.98. The first kappa shape index (κ1) is 11.8. The van der Waals surface area contributed by atoms with Crippen LogP contribution in [0.25, 0.3) is 0 Å². The Morgan fingerprint density at radius 3 is 2.60 bits per heavy atom. The summed E-state index contributed by atoms with van der Waals surface area (Å²) >= 11 is 1.64. The van der Waals surface area contributed by atoms with Crippen molar-refractivity contribution in [2.24, 2.45) is 0 Å². The van der Waals surface area contributed by atoms with E-state index in [9.17, 15) is 9.59 Å². The molecule has 1 aromatic rings. The summed E-state index contributed by atoms with van der Waals surface area (Å²) in [5.74, 6) is 0.821. The third kappa shape index (κ3) is 4.16. The molecule has 1 aromatic carbocycles. The van der Waals surface area contributed by atoms with E-state index in [-0.39, 0.29) is 5.91 Å². The fraction of sp³-hybridized carbons (Fsp3) is 0.273. The van der Waals surface area contributed by atoms with Gasteiger partial charge in [0.1, 0.15) is 6.29 Å². The van der Waals surface area contributed by atoms with Gasteiger partial charge in [-0.25, -0.2) is 0 Å². The maximum Gasteiger partial charge on any atom is 0.225 e. The molecule has 0 atom stereocenters. The van der Waals surface area contributed by atoms with E-state index in [1.165, 1.54) is 0 Å². The van der Waals surface area contributed by atoms with Crippen molar-refractivity contribution in [1.82, 2.24) is 0 Å². The quantitative estimate of drug-likeness (QED) is 0.778. The molecule has 1 N–H and O–H groups in total. The summed E-state index contributed by atoms with van der Waals surface area (Å²) in [5, 5.41) is 2.76. The highest BCUT2D eigenvalue weighted by atomic mass is 32.2. The Kier molecular flexibility index (Phi) is 4.90. The number of carbonyl (C=O) groups is 2. The lowest BCUT2D eigenvalue weighted by atomic mass is 10.2. The summed E-state index contributed by atoms with van der Waals surface area (Å²) in [4.78, 5) is 21.7. The Bertz CT molecular complexity index is 335. The van der Waals surface area contributed by atoms with Crippen molar-refractivity contribution in [2.75, 3.05) is 17.3 Å². The molecule has 0 aliphatic carbocycles. The predicted octanol–water partition coefficient (Wildman–Crippen LogP) is 2.19. The van der Waals surface area contributed by atoms with Crippen LogP contribution in [0.2, 0.25) is 0 Å². The van der Waals surface area contributed by atoms with Crippen LogP contribution in [0.1, 0.15) is 16.8 Å². The Balaban J connectivity index is 2.49. The highest BCUT2D eigenvalue weighted by Gasteiger charge is 2.01. The van der Waals surface area contributed by atoms with Gasteiger partial charge in [0.15, 0.2) is 0 Å². The number of carbonyl (C=O) groups excluding carboxylic acids is 2. The van der Waals surface area contributed by atoms with E-state index in [0.29, 0.717) is 12.0 Å². The maximum absolute atomic E-state index is 11.3. The van der Waals surface area contributed by atoms with E-state index >= 15 is 0 Å². The van der Waals surface area contributed by atoms with Crippen LogP contribution in [0.3, 0.4) is 0 Å². The van der Waals surface area contributed by atoms with Crippen LogP contribution in [0.4, 0.5) is 5.69 Å². The SMILES string of the molecule is CSCCC(=O)Nc1ccc(C=O)cc1. The first-order chi connectivity index (χ1) is 7.26. The van der Waals surface area contributed by atoms with Crippen molar-refractivity contribution in [3.63, 3.8) is 0 Å². The van der Waals surface area contributed by atoms with Gasteiger partial charge < -0.3 is 5.32 Å². The summed E-state index contributed by atoms with van der Waals surface area (Å²) in [6, 6.07) is 6.80. The summed E-state index contributed by atoms with van der Waals surface area (Å²) < 4.78 is 0. The van der Waals surface area contributed by atoms with Gasteiger partial charge in [-0.05, 0) is 30.5 Å². The van der Waals surface area contributed by atoms with E-state index in [1.54, 1.807) is 36.0 Å². The third-order valence-corrected chi connectivity index (χ3v) is 2.48. The highest BCUT2D eigenvalue weighted by Crippen LogP contribution is 2.09. The molecule has 1 rings (SSSR count). The zero-order valence-electron chi connectivity index (χ0n) is 8.53. The topological polar surface area (TPSA) is 46.2 Å². The van der Waals surface area contributed by atoms with Crippen LogP contribution in [-0.2, 0) is 4.79 Å². The molecular formula is C11H13NO2S. The number of benzene rings is 1. The molecule has 0 unspecified atom stereocenters. The Morgan fingerprint density at radius 1 is 1.40 bits per heavy atom. The van der Waals surface area contributed by atoms with Crippen molar-refractivity contribution < 1.29 is 9.59 Å². The monoisotopic (exact) mass is 223 g/mol. The van der Waals surface area contributed by atoms with Crippen LogP contribution >= 0.6 is 11.8 Å². The second kappa shape index (κ2) is 6.24. The van der Waals surface area contributed by atoms with Gasteiger partial charge in [-0.2, -0.15) is 11.8 Å². The first-order valence-corrected chi connectivity index (χ1v) is 5.99. The lowest BCUT2D eigenvalue weighted by Gasteiger charge is -2.04. The molecule has 80 valence electrons. The van der Waals surface area contributed by atoms with Gasteiger partial charge in [0.05, 0.1) is 0 Å². The normalized spacial score (nSPS) is 9.67. The molecule has 15 heavy (non-hydrogen) atoms. The number of amides is 1. The fourth-order valence-corrected chi connectivity index (χ4v) is 1.45. The number of aldehydes is 1. The van der Waals surface area contributed by atoms with Gasteiger partial charge in [0.25, 0.3) is 0 Å². The molecule has 4 heteroatoms. The van der Waals surface area contributed by atoms with Crippen LogP contribution in [0.15, 0.2) is 24.3 Å². The van der Waals surface area contributed by atoms with Crippen molar-refractivity contribution >= 4 is 29.6 Å². The molecule has 3 nitrogen and oxygen atoms in total. The first-order valence-electron chi connectivity index (χ1n) is 4.60. The van der Waals surface area contributed by atoms with Crippen LogP contribution in [0, 0.1) is 0 Å². The molecular weight excluding hydrogens is 210 g/mol. The summed E-state index contributed by atoms with van der Waals surface area (Å²) in [5.41, 5.74) is 1.34. The molecule has 0 fully saturated rings. The average Bonchev–Trinajstić information content (AvgIpc) is 2.27. The van der Waals surface area contributed by atoms with Gasteiger partial charge in [-0.15, -0.1) is 0 Å². The zero-order chi connectivity index (χ0) is 11.1. The Morgan fingerprint density at radius 2 is 2.07 bits per heavy atom. The van der Waals surface area contributed by atoms with Gasteiger partial charge in [0.2, 0.25) is 5.91 Å². The average molecular weight is 223 g/mol. The lowest BCUT2D eigenvalue weighted by molar-refractivity contribution is -0.115. The molecule has 1 amide bonds. The number of hydrogen-bond donors (Lipinski definition) is 1. The van der Waals surface area contributed by atoms with Crippen LogP contribution < -0.4 is 5.32 Å². The van der Waals surface area contributed by atoms with Crippen molar-refractivity contribution in [3.05, 3.63) is 29.8 Å². The maximum atomic E-state index is 11.3. The Hall–Kier alpha value is -1.29. The summed E-state index contributed by atoms with van der Waals surface area (Å²) in [6.45, 7) is 0. The second-order valence-electron chi connectivity index (χ2n) is 3.03. The number of thioether (sulfide) groups is 1. The fourth-order valence-electron chi connectivity index (χ4n) is 1.06. The largest absolute Gasteiger partial charge is 0.326 e. The molecule has 0 spiro atoms. The van der Waals surface area contributed by atoms with Gasteiger partial charge in [-0.3, -0.25) is 9.59 Å². The molecule has 0 saturated carbocycles. The Labute approximate surface area is 93.3 Å². The molecule has 0 heterocycles. The number of nitrogens with one attached hydrogen (secondary N) is 1. The minimum absolute atomic E-state index is 0.00297. The molecule has 0 radical (unpaired) electrons. The van der Waals surface area contributed by atoms with E-state index in [2.05, 4.69) is 5.32 Å². The molecule has 0 aromatic heterocycles. The van der Waals surface area contributed by atoms with Crippen molar-refractivity contribution in [2.45, 2.75) is 6.42 Å². The van der Waals surface area contributed by atoms with E-state index in [0.717, 1.165) is 17.7 Å². The molecule has 0 bridgehead atoms. The second-order valence-corrected chi connectivity index (χ2v) is 4.02. The van der Waals surface area contributed by atoms with Crippen LogP contribution in [-0.4, -0.2) is 24.2 Å². The summed E-state index contributed by atoms with van der Waals surface area (Å²) in [7, 11) is 0. The standard InChI is InChI=1S/C11H13NO2S/c1-15-7-6-11(14)12-10-4-2-9(8-13)3-5-10/h2-5,8H,6-7H2,1H3,(H,12,14). The van der Waals surface area contributed by atoms with Gasteiger partial charge in [0, 0.05) is 23.4 Å². The summed E-state index contributed by atoms with van der Waals surface area (Å²) in [6.07, 6.45) is 3.25. The third-order valence-electron chi connectivity index (χ3n) is 1.86. The lowest BCUT2D eigenvalue weighted by Crippen LogP contribution is -2.11. The van der Waals surface area contributed by atoms with Gasteiger partial charge >= 0.3 is 0 Å².